The monoisotopic (exact) mass is 210 g/mol. The molecule has 0 fully saturated rings. The van der Waals surface area contributed by atoms with Gasteiger partial charge in [-0.3, -0.25) is 4.98 Å². The highest BCUT2D eigenvalue weighted by atomic mass is 35.5. The van der Waals surface area contributed by atoms with Crippen LogP contribution in [-0.4, -0.2) is 11.5 Å². The second-order valence-corrected chi connectivity index (χ2v) is 3.47. The Morgan fingerprint density at radius 2 is 2.43 bits per heavy atom. The van der Waals surface area contributed by atoms with Gasteiger partial charge in [-0.2, -0.15) is 0 Å². The van der Waals surface area contributed by atoms with Crippen LogP contribution in [0.2, 0.25) is 5.02 Å². The molecule has 1 unspecified atom stereocenters. The van der Waals surface area contributed by atoms with Gasteiger partial charge < -0.3 is 5.32 Å². The quantitative estimate of drug-likeness (QED) is 0.756. The van der Waals surface area contributed by atoms with Crippen LogP contribution in [0.3, 0.4) is 0 Å². The summed E-state index contributed by atoms with van der Waals surface area (Å²) >= 11 is 5.77. The molecule has 0 aliphatic rings. The van der Waals surface area contributed by atoms with Gasteiger partial charge in [-0.25, -0.2) is 0 Å². The van der Waals surface area contributed by atoms with Gasteiger partial charge in [0.2, 0.25) is 0 Å². The van der Waals surface area contributed by atoms with E-state index in [1.165, 1.54) is 0 Å². The van der Waals surface area contributed by atoms with Crippen molar-refractivity contribution in [3.63, 3.8) is 0 Å². The van der Waals surface area contributed by atoms with Crippen LogP contribution in [0.15, 0.2) is 31.0 Å². The highest BCUT2D eigenvalue weighted by Gasteiger charge is 2.08. The first-order valence-corrected chi connectivity index (χ1v) is 5.11. The lowest BCUT2D eigenvalue weighted by molar-refractivity contribution is 0.545. The zero-order valence-electron chi connectivity index (χ0n) is 8.33. The van der Waals surface area contributed by atoms with E-state index in [4.69, 9.17) is 11.6 Å². The summed E-state index contributed by atoms with van der Waals surface area (Å²) in [5.41, 5.74) is 1.01. The Labute approximate surface area is 90.0 Å². The molecule has 0 saturated carbocycles. The van der Waals surface area contributed by atoms with E-state index >= 15 is 0 Å². The van der Waals surface area contributed by atoms with Crippen LogP contribution in [0, 0.1) is 0 Å². The molecule has 0 amide bonds. The molecule has 1 rings (SSSR count). The third-order valence-electron chi connectivity index (χ3n) is 1.96. The van der Waals surface area contributed by atoms with E-state index in [0.29, 0.717) is 5.02 Å². The second-order valence-electron chi connectivity index (χ2n) is 3.04. The molecule has 1 N–H and O–H groups in total. The van der Waals surface area contributed by atoms with Gasteiger partial charge in [0.1, 0.15) is 0 Å². The Bertz CT molecular complexity index is 282. The maximum atomic E-state index is 5.77. The zero-order valence-corrected chi connectivity index (χ0v) is 9.09. The topological polar surface area (TPSA) is 24.9 Å². The molecule has 0 spiro atoms. The molecule has 0 aromatic carbocycles. The third kappa shape index (κ3) is 3.13. The van der Waals surface area contributed by atoms with Gasteiger partial charge in [0.25, 0.3) is 0 Å². The van der Waals surface area contributed by atoms with Crippen LogP contribution < -0.4 is 5.32 Å². The molecule has 1 heterocycles. The van der Waals surface area contributed by atoms with E-state index in [0.717, 1.165) is 18.7 Å². The van der Waals surface area contributed by atoms with E-state index in [1.807, 2.05) is 18.2 Å². The summed E-state index contributed by atoms with van der Waals surface area (Å²) in [7, 11) is 0. The minimum Gasteiger partial charge on any atom is -0.309 e. The SMILES string of the molecule is C=CCC(NCC)c1ccc(Cl)cn1. The second kappa shape index (κ2) is 5.78. The standard InChI is InChI=1S/C11H15ClN2/c1-3-5-10(13-4-2)11-7-6-9(12)8-14-11/h3,6-8,10,13H,1,4-5H2,2H3. The van der Waals surface area contributed by atoms with Crippen molar-refractivity contribution < 1.29 is 0 Å². The highest BCUT2D eigenvalue weighted by molar-refractivity contribution is 6.30. The number of halogens is 1. The van der Waals surface area contributed by atoms with Crippen molar-refractivity contribution in [3.8, 4) is 0 Å². The van der Waals surface area contributed by atoms with Gasteiger partial charge in [-0.05, 0) is 25.1 Å². The van der Waals surface area contributed by atoms with E-state index in [-0.39, 0.29) is 6.04 Å². The van der Waals surface area contributed by atoms with Gasteiger partial charge in [0.05, 0.1) is 16.8 Å². The van der Waals surface area contributed by atoms with Crippen molar-refractivity contribution in [1.29, 1.82) is 0 Å². The maximum absolute atomic E-state index is 5.77. The number of aromatic nitrogens is 1. The first kappa shape index (κ1) is 11.2. The van der Waals surface area contributed by atoms with Gasteiger partial charge in [0.15, 0.2) is 0 Å². The predicted octanol–water partition coefficient (Wildman–Crippen LogP) is 2.96. The third-order valence-corrected chi connectivity index (χ3v) is 2.18. The summed E-state index contributed by atoms with van der Waals surface area (Å²) in [6, 6.07) is 4.05. The summed E-state index contributed by atoms with van der Waals surface area (Å²) in [6.45, 7) is 6.73. The minimum absolute atomic E-state index is 0.245. The molecule has 0 aliphatic carbocycles. The van der Waals surface area contributed by atoms with Crippen molar-refractivity contribution >= 4 is 11.6 Å². The average Bonchev–Trinajstić information content (AvgIpc) is 2.19. The van der Waals surface area contributed by atoms with E-state index in [9.17, 15) is 0 Å². The summed E-state index contributed by atoms with van der Waals surface area (Å²) in [5.74, 6) is 0. The van der Waals surface area contributed by atoms with Crippen LogP contribution in [0.5, 0.6) is 0 Å². The lowest BCUT2D eigenvalue weighted by atomic mass is 10.1. The molecule has 1 aromatic rings. The van der Waals surface area contributed by atoms with E-state index < -0.39 is 0 Å². The zero-order chi connectivity index (χ0) is 10.4. The molecule has 76 valence electrons. The maximum Gasteiger partial charge on any atom is 0.0589 e. The van der Waals surface area contributed by atoms with Crippen LogP contribution in [0.4, 0.5) is 0 Å². The van der Waals surface area contributed by atoms with Crippen molar-refractivity contribution in [2.24, 2.45) is 0 Å². The molecular formula is C11H15ClN2. The summed E-state index contributed by atoms with van der Waals surface area (Å²) in [6.07, 6.45) is 4.44. The highest BCUT2D eigenvalue weighted by Crippen LogP contribution is 2.16. The number of hydrogen-bond acceptors (Lipinski definition) is 2. The molecular weight excluding hydrogens is 196 g/mol. The fourth-order valence-electron chi connectivity index (χ4n) is 1.32. The van der Waals surface area contributed by atoms with Crippen LogP contribution in [-0.2, 0) is 0 Å². The van der Waals surface area contributed by atoms with E-state index in [2.05, 4.69) is 23.8 Å². The van der Waals surface area contributed by atoms with Crippen molar-refractivity contribution in [3.05, 3.63) is 41.7 Å². The predicted molar refractivity (Wildman–Crippen MR) is 60.5 cm³/mol. The van der Waals surface area contributed by atoms with E-state index in [1.54, 1.807) is 6.20 Å². The lowest BCUT2D eigenvalue weighted by Crippen LogP contribution is -2.21. The lowest BCUT2D eigenvalue weighted by Gasteiger charge is -2.15. The number of hydrogen-bond donors (Lipinski definition) is 1. The smallest absolute Gasteiger partial charge is 0.0589 e. The van der Waals surface area contributed by atoms with Crippen LogP contribution >= 0.6 is 11.6 Å². The summed E-state index contributed by atoms with van der Waals surface area (Å²) < 4.78 is 0. The Morgan fingerprint density at radius 3 is 2.93 bits per heavy atom. The van der Waals surface area contributed by atoms with Crippen LogP contribution in [0.1, 0.15) is 25.1 Å². The molecule has 0 radical (unpaired) electrons. The van der Waals surface area contributed by atoms with Gasteiger partial charge >= 0.3 is 0 Å². The molecule has 0 bridgehead atoms. The minimum atomic E-state index is 0.245. The van der Waals surface area contributed by atoms with Gasteiger partial charge in [0, 0.05) is 6.20 Å². The molecule has 1 atom stereocenters. The van der Waals surface area contributed by atoms with Crippen molar-refractivity contribution in [2.75, 3.05) is 6.54 Å². The Morgan fingerprint density at radius 1 is 1.64 bits per heavy atom. The average molecular weight is 211 g/mol. The summed E-state index contributed by atoms with van der Waals surface area (Å²) in [4.78, 5) is 4.27. The number of rotatable bonds is 5. The van der Waals surface area contributed by atoms with Crippen molar-refractivity contribution in [2.45, 2.75) is 19.4 Å². The van der Waals surface area contributed by atoms with Crippen molar-refractivity contribution in [1.82, 2.24) is 10.3 Å². The largest absolute Gasteiger partial charge is 0.309 e. The molecule has 3 heteroatoms. The first-order chi connectivity index (χ1) is 6.77. The fourth-order valence-corrected chi connectivity index (χ4v) is 1.43. The first-order valence-electron chi connectivity index (χ1n) is 4.73. The number of pyridine rings is 1. The normalized spacial score (nSPS) is 12.4. The fraction of sp³-hybridized carbons (Fsp3) is 0.364. The Kier molecular flexibility index (Phi) is 4.63. The Hall–Kier alpha value is -0.860. The van der Waals surface area contributed by atoms with Gasteiger partial charge in [-0.15, -0.1) is 6.58 Å². The van der Waals surface area contributed by atoms with Crippen LogP contribution in [0.25, 0.3) is 0 Å². The molecule has 2 nitrogen and oxygen atoms in total. The molecule has 0 saturated heterocycles. The summed E-state index contributed by atoms with van der Waals surface area (Å²) in [5, 5.41) is 4.01. The molecule has 14 heavy (non-hydrogen) atoms. The Balaban J connectivity index is 2.76. The van der Waals surface area contributed by atoms with Gasteiger partial charge in [-0.1, -0.05) is 24.6 Å². The number of nitrogens with one attached hydrogen (secondary N) is 1. The molecule has 1 aromatic heterocycles. The molecule has 0 aliphatic heterocycles. The number of nitrogens with zero attached hydrogens (tertiary/aromatic N) is 1.